The number of aromatic nitrogens is 4. The summed E-state index contributed by atoms with van der Waals surface area (Å²) < 4.78 is 7.01. The number of hydrogen-bond acceptors (Lipinski definition) is 7. The summed E-state index contributed by atoms with van der Waals surface area (Å²) in [6, 6.07) is 0. The minimum absolute atomic E-state index is 0.0171. The predicted octanol–water partition coefficient (Wildman–Crippen LogP) is -1.66. The van der Waals surface area contributed by atoms with Gasteiger partial charge in [-0.3, -0.25) is 14.3 Å². The number of nitrogen functional groups attached to an aromatic ring is 1. The molecule has 2 aromatic heterocycles. The standard InChI is InChI=1S/C10H13N5O4/c11-10-13-8-7(9(18)14-10)12-3-15(8)6-1-4(17)5(2-16)19-6/h3-6,16-17H,1-2H2,(H3,11,13,14,18)/t4-,5+,6+/m0/s1/i11+1,13+1,14+1. The molecule has 1 saturated heterocycles. The van der Waals surface area contributed by atoms with E-state index in [1.165, 1.54) is 10.9 Å². The lowest BCUT2D eigenvalue weighted by Gasteiger charge is -2.13. The Balaban J connectivity index is 2.05. The second-order valence-corrected chi connectivity index (χ2v) is 4.39. The van der Waals surface area contributed by atoms with Gasteiger partial charge in [0.25, 0.3) is 5.56 Å². The quantitative estimate of drug-likeness (QED) is 0.479. The van der Waals surface area contributed by atoms with Gasteiger partial charge >= 0.3 is 0 Å². The summed E-state index contributed by atoms with van der Waals surface area (Å²) in [5.74, 6) is -0.0171. The lowest BCUT2D eigenvalue weighted by molar-refractivity contribution is -0.0432. The summed E-state index contributed by atoms with van der Waals surface area (Å²) in [4.78, 5) is 22.0. The van der Waals surface area contributed by atoms with Crippen LogP contribution in [0.4, 0.5) is 5.95 Å². The summed E-state index contributed by atoms with van der Waals surface area (Å²) in [6.07, 6.45) is -0.270. The number of ether oxygens (including phenoxy) is 1. The number of imidazole rings is 1. The zero-order valence-corrected chi connectivity index (χ0v) is 9.85. The molecule has 1 aliphatic rings. The number of hydrogen-bond donors (Lipinski definition) is 4. The lowest BCUT2D eigenvalue weighted by atomic mass is 10.2. The SMILES string of the molecule is [15NH2]c1[15n]c2c(ncn2[C@H]2C[C@H](O)[C@@H](CO)O2)c(=O)[15nH]1. The van der Waals surface area contributed by atoms with Gasteiger partial charge < -0.3 is 20.7 Å². The molecule has 19 heavy (non-hydrogen) atoms. The van der Waals surface area contributed by atoms with Crippen molar-refractivity contribution in [1.82, 2.24) is 19.5 Å². The monoisotopic (exact) mass is 270 g/mol. The van der Waals surface area contributed by atoms with Crippen LogP contribution in [0, 0.1) is 0 Å². The number of fused-ring (bicyclic) bond motifs is 1. The second-order valence-electron chi connectivity index (χ2n) is 4.39. The minimum atomic E-state index is -0.771. The molecular weight excluding hydrogens is 257 g/mol. The summed E-state index contributed by atoms with van der Waals surface area (Å²) in [5, 5.41) is 18.8. The normalized spacial score (nSPS) is 27.2. The van der Waals surface area contributed by atoms with E-state index in [2.05, 4.69) is 15.0 Å². The van der Waals surface area contributed by atoms with Gasteiger partial charge in [-0.2, -0.15) is 4.98 Å². The van der Waals surface area contributed by atoms with Crippen molar-refractivity contribution >= 4 is 17.1 Å². The molecule has 0 saturated carbocycles. The number of nitrogens with two attached hydrogens (primary N) is 1. The highest BCUT2D eigenvalue weighted by atomic mass is 16.5. The Morgan fingerprint density at radius 2 is 2.42 bits per heavy atom. The van der Waals surface area contributed by atoms with E-state index in [9.17, 15) is 9.90 Å². The molecule has 0 aliphatic carbocycles. The van der Waals surface area contributed by atoms with Crippen molar-refractivity contribution in [3.8, 4) is 0 Å². The van der Waals surface area contributed by atoms with Gasteiger partial charge in [-0.1, -0.05) is 0 Å². The van der Waals surface area contributed by atoms with E-state index in [0.29, 0.717) is 0 Å². The van der Waals surface area contributed by atoms with Gasteiger partial charge in [0.1, 0.15) is 12.3 Å². The molecule has 5 N–H and O–H groups in total. The lowest BCUT2D eigenvalue weighted by Crippen LogP contribution is -2.24. The first-order valence-electron chi connectivity index (χ1n) is 5.77. The van der Waals surface area contributed by atoms with E-state index in [4.69, 9.17) is 15.6 Å². The Morgan fingerprint density at radius 3 is 3.11 bits per heavy atom. The molecule has 0 radical (unpaired) electrons. The predicted molar refractivity (Wildman–Crippen MR) is 64.2 cm³/mol. The van der Waals surface area contributed by atoms with Crippen LogP contribution < -0.4 is 11.3 Å². The summed E-state index contributed by atoms with van der Waals surface area (Å²) in [7, 11) is 0. The van der Waals surface area contributed by atoms with Crippen molar-refractivity contribution in [2.45, 2.75) is 24.9 Å². The van der Waals surface area contributed by atoms with Gasteiger partial charge in [-0.05, 0) is 0 Å². The molecule has 3 atom stereocenters. The fourth-order valence-electron chi connectivity index (χ4n) is 2.20. The molecule has 3 heterocycles. The average molecular weight is 270 g/mol. The zero-order valence-electron chi connectivity index (χ0n) is 9.85. The fraction of sp³-hybridized carbons (Fsp3) is 0.500. The van der Waals surface area contributed by atoms with E-state index < -0.39 is 24.0 Å². The third-order valence-electron chi connectivity index (χ3n) is 3.15. The molecule has 3 rings (SSSR count). The van der Waals surface area contributed by atoms with Crippen molar-refractivity contribution in [1.29, 1.82) is 0 Å². The molecule has 1 fully saturated rings. The van der Waals surface area contributed by atoms with E-state index >= 15 is 0 Å². The van der Waals surface area contributed by atoms with Crippen LogP contribution >= 0.6 is 0 Å². The Morgan fingerprint density at radius 1 is 1.63 bits per heavy atom. The first kappa shape index (κ1) is 12.1. The van der Waals surface area contributed by atoms with Crippen LogP contribution in [0.5, 0.6) is 0 Å². The van der Waals surface area contributed by atoms with Crippen LogP contribution in [0.2, 0.25) is 0 Å². The summed E-state index contributed by atoms with van der Waals surface area (Å²) in [5.41, 5.74) is 5.50. The molecule has 0 amide bonds. The molecule has 0 bridgehead atoms. The van der Waals surface area contributed by atoms with Crippen LogP contribution in [0.1, 0.15) is 12.6 Å². The number of aliphatic hydroxyl groups is 2. The maximum atomic E-state index is 11.6. The molecule has 0 unspecified atom stereocenters. The molecule has 9 heteroatoms. The maximum Gasteiger partial charge on any atom is 0.280 e. The van der Waals surface area contributed by atoms with Crippen molar-refractivity contribution in [2.75, 3.05) is 12.3 Å². The van der Waals surface area contributed by atoms with Crippen molar-refractivity contribution in [3.05, 3.63) is 16.7 Å². The van der Waals surface area contributed by atoms with Crippen molar-refractivity contribution in [3.63, 3.8) is 0 Å². The molecular formula is C10H13N5O4. The number of nitrogens with one attached hydrogen (secondary N) is 1. The van der Waals surface area contributed by atoms with Gasteiger partial charge in [-0.15, -0.1) is 0 Å². The number of aromatic amines is 1. The largest absolute Gasteiger partial charge is 0.394 e. The number of aliphatic hydroxyl groups excluding tert-OH is 2. The number of nitrogens with zero attached hydrogens (tertiary/aromatic N) is 3. The summed E-state index contributed by atoms with van der Waals surface area (Å²) >= 11 is 0. The highest BCUT2D eigenvalue weighted by molar-refractivity contribution is 5.70. The van der Waals surface area contributed by atoms with Crippen LogP contribution in [0.3, 0.4) is 0 Å². The number of H-pyrrole nitrogens is 1. The number of rotatable bonds is 2. The van der Waals surface area contributed by atoms with Crippen LogP contribution in [0.25, 0.3) is 11.2 Å². The molecule has 102 valence electrons. The third-order valence-corrected chi connectivity index (χ3v) is 3.15. The highest BCUT2D eigenvalue weighted by Crippen LogP contribution is 2.30. The van der Waals surface area contributed by atoms with Gasteiger partial charge in [0, 0.05) is 6.42 Å². The van der Waals surface area contributed by atoms with E-state index in [0.717, 1.165) is 0 Å². The minimum Gasteiger partial charge on any atom is -0.394 e. The Labute approximate surface area is 106 Å². The van der Waals surface area contributed by atoms with Crippen LogP contribution in [0.15, 0.2) is 11.1 Å². The van der Waals surface area contributed by atoms with Crippen molar-refractivity contribution < 1.29 is 14.9 Å². The second kappa shape index (κ2) is 4.30. The molecule has 0 spiro atoms. The first-order valence-corrected chi connectivity index (χ1v) is 5.77. The zero-order chi connectivity index (χ0) is 13.6. The summed E-state index contributed by atoms with van der Waals surface area (Å²) in [6.45, 7) is -0.277. The van der Waals surface area contributed by atoms with Crippen molar-refractivity contribution in [2.24, 2.45) is 0 Å². The Hall–Kier alpha value is -1.97. The average Bonchev–Trinajstić information content (AvgIpc) is 2.92. The molecule has 9 nitrogen and oxygen atoms in total. The van der Waals surface area contributed by atoms with E-state index in [1.807, 2.05) is 0 Å². The third kappa shape index (κ3) is 1.87. The van der Waals surface area contributed by atoms with Crippen LogP contribution in [-0.4, -0.2) is 48.5 Å². The van der Waals surface area contributed by atoms with Gasteiger partial charge in [-0.25, -0.2) is 4.98 Å². The van der Waals surface area contributed by atoms with Crippen LogP contribution in [-0.2, 0) is 4.74 Å². The smallest absolute Gasteiger partial charge is 0.280 e. The number of anilines is 1. The molecule has 0 aromatic carbocycles. The van der Waals surface area contributed by atoms with E-state index in [-0.39, 0.29) is 30.1 Å². The first-order chi connectivity index (χ1) is 9.10. The van der Waals surface area contributed by atoms with Gasteiger partial charge in [0.15, 0.2) is 11.2 Å². The Bertz CT molecular complexity index is 665. The molecule has 2 aromatic rings. The van der Waals surface area contributed by atoms with E-state index in [1.54, 1.807) is 0 Å². The Kier molecular flexibility index (Phi) is 2.73. The maximum absolute atomic E-state index is 11.6. The highest BCUT2D eigenvalue weighted by Gasteiger charge is 2.35. The van der Waals surface area contributed by atoms with Gasteiger partial charge in [0.2, 0.25) is 5.95 Å². The molecule has 1 aliphatic heterocycles. The van der Waals surface area contributed by atoms with Gasteiger partial charge in [0.05, 0.1) is 19.0 Å². The fourth-order valence-corrected chi connectivity index (χ4v) is 2.20. The topological polar surface area (TPSA) is 139 Å².